The third-order valence-corrected chi connectivity index (χ3v) is 7.45. The van der Waals surface area contributed by atoms with Gasteiger partial charge in [0.1, 0.15) is 24.4 Å². The lowest BCUT2D eigenvalue weighted by Gasteiger charge is -2.25. The van der Waals surface area contributed by atoms with Gasteiger partial charge in [-0.15, -0.1) is 0 Å². The fourth-order valence-electron chi connectivity index (χ4n) is 4.07. The predicted molar refractivity (Wildman–Crippen MR) is 164 cm³/mol. The Morgan fingerprint density at radius 2 is 0.571 bits per heavy atom. The maximum absolute atomic E-state index is 11.2. The maximum atomic E-state index is 11.2. The van der Waals surface area contributed by atoms with E-state index in [0.717, 1.165) is 51.4 Å². The Bertz CT molecular complexity index is 783. The van der Waals surface area contributed by atoms with Gasteiger partial charge in [0.15, 0.2) is 0 Å². The highest BCUT2D eigenvalue weighted by Gasteiger charge is 2.27. The minimum Gasteiger partial charge on any atom is -0.462 e. The number of ether oxygens (including phenoxy) is 4. The molecule has 0 spiro atoms. The second-order valence-corrected chi connectivity index (χ2v) is 13.3. The summed E-state index contributed by atoms with van der Waals surface area (Å²) in [6, 6.07) is 0. The van der Waals surface area contributed by atoms with Gasteiger partial charge in [-0.1, -0.05) is 61.8 Å². The topological polar surface area (TPSA) is 105 Å². The van der Waals surface area contributed by atoms with Gasteiger partial charge >= 0.3 is 23.9 Å². The van der Waals surface area contributed by atoms with Gasteiger partial charge in [0.25, 0.3) is 0 Å². The Labute approximate surface area is 255 Å². The van der Waals surface area contributed by atoms with Crippen LogP contribution in [-0.2, 0) is 38.1 Å². The van der Waals surface area contributed by atoms with E-state index in [-0.39, 0.29) is 72.0 Å². The second kappa shape index (κ2) is 20.7. The molecule has 4 aliphatic rings. The second-order valence-electron chi connectivity index (χ2n) is 13.3. The normalized spacial score (nSPS) is 19.0. The molecule has 0 unspecified atom stereocenters. The summed E-state index contributed by atoms with van der Waals surface area (Å²) in [5, 5.41) is 0. The highest BCUT2D eigenvalue weighted by molar-refractivity contribution is 5.72. The van der Waals surface area contributed by atoms with Crippen molar-refractivity contribution < 1.29 is 38.1 Å². The van der Waals surface area contributed by atoms with Crippen LogP contribution in [-0.4, -0.2) is 48.3 Å². The van der Waals surface area contributed by atoms with Crippen LogP contribution in [0.15, 0.2) is 0 Å². The average molecular weight is 597 g/mol. The number of carbonyl (C=O) groups is 4. The molecule has 4 rings (SSSR count). The van der Waals surface area contributed by atoms with Crippen molar-refractivity contribution in [1.29, 1.82) is 0 Å². The van der Waals surface area contributed by atoms with Crippen LogP contribution in [0.25, 0.3) is 0 Å². The van der Waals surface area contributed by atoms with Crippen molar-refractivity contribution >= 4 is 23.9 Å². The molecule has 4 fully saturated rings. The molecule has 4 saturated carbocycles. The van der Waals surface area contributed by atoms with Gasteiger partial charge in [-0.25, -0.2) is 0 Å². The van der Waals surface area contributed by atoms with E-state index in [1.165, 1.54) is 38.5 Å². The summed E-state index contributed by atoms with van der Waals surface area (Å²) in [4.78, 5) is 44.0. The molecule has 0 saturated heterocycles. The summed E-state index contributed by atoms with van der Waals surface area (Å²) in [6.45, 7) is 14.9. The van der Waals surface area contributed by atoms with Crippen molar-refractivity contribution in [2.24, 2.45) is 23.7 Å². The lowest BCUT2D eigenvalue weighted by atomic mass is 9.96. The first kappa shape index (κ1) is 37.9. The molecule has 8 heteroatoms. The Kier molecular flexibility index (Phi) is 18.7. The van der Waals surface area contributed by atoms with Crippen LogP contribution in [0.1, 0.15) is 145 Å². The number of esters is 4. The van der Waals surface area contributed by atoms with Crippen LogP contribution in [0.3, 0.4) is 0 Å². The number of rotatable bonds is 8. The summed E-state index contributed by atoms with van der Waals surface area (Å²) >= 11 is 0. The van der Waals surface area contributed by atoms with Crippen molar-refractivity contribution in [3.63, 3.8) is 0 Å². The molecule has 0 radical (unpaired) electrons. The molecular weight excluding hydrogens is 536 g/mol. The minimum atomic E-state index is -0.0579. The highest BCUT2D eigenvalue weighted by atomic mass is 16.6. The van der Waals surface area contributed by atoms with Crippen molar-refractivity contribution in [3.05, 3.63) is 0 Å². The molecule has 0 amide bonds. The molecule has 0 atom stereocenters. The van der Waals surface area contributed by atoms with E-state index in [2.05, 4.69) is 0 Å². The Hall–Kier alpha value is -2.12. The molecule has 244 valence electrons. The van der Waals surface area contributed by atoms with Gasteiger partial charge in [-0.05, 0) is 83.5 Å². The molecule has 8 nitrogen and oxygen atoms in total. The monoisotopic (exact) mass is 596 g/mol. The van der Waals surface area contributed by atoms with Crippen molar-refractivity contribution in [1.82, 2.24) is 0 Å². The van der Waals surface area contributed by atoms with Gasteiger partial charge in [0.05, 0.1) is 23.7 Å². The third kappa shape index (κ3) is 17.7. The zero-order valence-electron chi connectivity index (χ0n) is 27.8. The number of carbonyl (C=O) groups excluding carboxylic acids is 4. The van der Waals surface area contributed by atoms with Crippen molar-refractivity contribution in [2.75, 3.05) is 0 Å². The number of hydrogen-bond acceptors (Lipinski definition) is 8. The zero-order chi connectivity index (χ0) is 31.7. The highest BCUT2D eigenvalue weighted by Crippen LogP contribution is 2.25. The lowest BCUT2D eigenvalue weighted by molar-refractivity contribution is -0.157. The minimum absolute atomic E-state index is 0.0203. The average Bonchev–Trinajstić information content (AvgIpc) is 3.58. The molecule has 0 aromatic rings. The Morgan fingerprint density at radius 3 is 0.762 bits per heavy atom. The molecule has 0 aliphatic heterocycles. The van der Waals surface area contributed by atoms with Gasteiger partial charge in [-0.3, -0.25) is 19.2 Å². The van der Waals surface area contributed by atoms with Crippen LogP contribution in [0.2, 0.25) is 0 Å². The predicted octanol–water partition coefficient (Wildman–Crippen LogP) is 7.73. The Balaban J connectivity index is 0.000000281. The van der Waals surface area contributed by atoms with Crippen LogP contribution < -0.4 is 0 Å². The van der Waals surface area contributed by atoms with E-state index in [0.29, 0.717) is 0 Å². The van der Waals surface area contributed by atoms with Crippen LogP contribution >= 0.6 is 0 Å². The molecule has 0 aromatic heterocycles. The fourth-order valence-corrected chi connectivity index (χ4v) is 4.07. The lowest BCUT2D eigenvalue weighted by Crippen LogP contribution is -2.27. The summed E-state index contributed by atoms with van der Waals surface area (Å²) < 4.78 is 20.6. The summed E-state index contributed by atoms with van der Waals surface area (Å²) in [5.41, 5.74) is 0. The first-order valence-corrected chi connectivity index (χ1v) is 16.6. The van der Waals surface area contributed by atoms with E-state index in [1.54, 1.807) is 0 Å². The van der Waals surface area contributed by atoms with Crippen LogP contribution in [0.4, 0.5) is 0 Å². The molecular formula is C34H60O8. The largest absolute Gasteiger partial charge is 0.462 e. The molecule has 0 bridgehead atoms. The van der Waals surface area contributed by atoms with Gasteiger partial charge in [0, 0.05) is 0 Å². The first-order valence-electron chi connectivity index (χ1n) is 16.6. The summed E-state index contributed by atoms with van der Waals surface area (Å²) in [6.07, 6.45) is 16.9. The van der Waals surface area contributed by atoms with Gasteiger partial charge in [-0.2, -0.15) is 0 Å². The third-order valence-electron chi connectivity index (χ3n) is 7.45. The molecule has 0 aromatic carbocycles. The standard InChI is InChI=1S/C10H18O2.C9H16O2.C8H14O2.C7H12O2/c1-8(2)10(11)12-9-6-4-3-5-7-9;1-7(2)9(10)11-8-5-3-4-6-8;1-6(2)8(9)10-7-4-3-5-7;1-5(2)7(8)9-6-3-4-6/h8-9H,3-7H2,1-2H3;7-8H,3-6H2,1-2H3;6-7H,3-5H2,1-2H3;5-6H,3-4H2,1-2H3. The smallest absolute Gasteiger partial charge is 0.308 e. The van der Waals surface area contributed by atoms with E-state index in [1.807, 2.05) is 55.4 Å². The van der Waals surface area contributed by atoms with E-state index < -0.39 is 0 Å². The number of hydrogen-bond donors (Lipinski definition) is 0. The summed E-state index contributed by atoms with van der Waals surface area (Å²) in [7, 11) is 0. The molecule has 0 N–H and O–H groups in total. The zero-order valence-corrected chi connectivity index (χ0v) is 27.8. The van der Waals surface area contributed by atoms with E-state index in [9.17, 15) is 19.2 Å². The Morgan fingerprint density at radius 1 is 0.357 bits per heavy atom. The van der Waals surface area contributed by atoms with Crippen LogP contribution in [0.5, 0.6) is 0 Å². The summed E-state index contributed by atoms with van der Waals surface area (Å²) in [5.74, 6) is -0.0882. The molecule has 42 heavy (non-hydrogen) atoms. The fraction of sp³-hybridized carbons (Fsp3) is 0.882. The molecule has 4 aliphatic carbocycles. The van der Waals surface area contributed by atoms with Crippen molar-refractivity contribution in [3.8, 4) is 0 Å². The van der Waals surface area contributed by atoms with E-state index >= 15 is 0 Å². The quantitative estimate of drug-likeness (QED) is 0.207. The van der Waals surface area contributed by atoms with E-state index in [4.69, 9.17) is 18.9 Å². The van der Waals surface area contributed by atoms with Gasteiger partial charge in [0.2, 0.25) is 0 Å². The SMILES string of the molecule is CC(C)C(=O)OC1CC1.CC(C)C(=O)OC1CCC1.CC(C)C(=O)OC1CCCC1.CC(C)C(=O)OC1CCCCC1. The first-order chi connectivity index (χ1) is 19.8. The van der Waals surface area contributed by atoms with Gasteiger partial charge < -0.3 is 18.9 Å². The van der Waals surface area contributed by atoms with Crippen molar-refractivity contribution in [2.45, 2.75) is 170 Å². The molecule has 0 heterocycles. The van der Waals surface area contributed by atoms with Crippen LogP contribution in [0, 0.1) is 23.7 Å². The maximum Gasteiger partial charge on any atom is 0.308 e.